The van der Waals surface area contributed by atoms with Crippen molar-refractivity contribution in [2.45, 2.75) is 12.8 Å². The molecule has 0 fully saturated rings. The van der Waals surface area contributed by atoms with Gasteiger partial charge in [-0.2, -0.15) is 0 Å². The Hall–Kier alpha value is -1.80. The first-order valence-corrected chi connectivity index (χ1v) is 6.20. The molecule has 0 aliphatic carbocycles. The van der Waals surface area contributed by atoms with Gasteiger partial charge in [-0.3, -0.25) is 4.79 Å². The standard InChI is InChI=1S/C15H12ClNO/c1-9-2-4-10(5-3-9)14-12-7-6-11(16)8-13(12)17-15(14)18/h2-8,14H,1H3,(H,17,18). The van der Waals surface area contributed by atoms with Crippen molar-refractivity contribution < 1.29 is 4.79 Å². The van der Waals surface area contributed by atoms with Crippen LogP contribution >= 0.6 is 11.6 Å². The van der Waals surface area contributed by atoms with Crippen LogP contribution in [0.25, 0.3) is 0 Å². The number of fused-ring (bicyclic) bond motifs is 1. The van der Waals surface area contributed by atoms with Crippen LogP contribution < -0.4 is 5.32 Å². The molecule has 1 N–H and O–H groups in total. The highest BCUT2D eigenvalue weighted by atomic mass is 35.5. The highest BCUT2D eigenvalue weighted by molar-refractivity contribution is 6.31. The third kappa shape index (κ3) is 1.79. The number of hydrogen-bond acceptors (Lipinski definition) is 1. The lowest BCUT2D eigenvalue weighted by Gasteiger charge is -2.09. The molecule has 0 bridgehead atoms. The number of carbonyl (C=O) groups excluding carboxylic acids is 1. The van der Waals surface area contributed by atoms with Gasteiger partial charge in [0.15, 0.2) is 0 Å². The van der Waals surface area contributed by atoms with Crippen LogP contribution in [0, 0.1) is 6.92 Å². The number of nitrogens with one attached hydrogen (secondary N) is 1. The average Bonchev–Trinajstić information content (AvgIpc) is 2.65. The molecule has 2 aromatic carbocycles. The van der Waals surface area contributed by atoms with Gasteiger partial charge in [-0.15, -0.1) is 0 Å². The van der Waals surface area contributed by atoms with Gasteiger partial charge in [-0.1, -0.05) is 47.5 Å². The highest BCUT2D eigenvalue weighted by Gasteiger charge is 2.31. The van der Waals surface area contributed by atoms with Gasteiger partial charge in [0.1, 0.15) is 0 Å². The lowest BCUT2D eigenvalue weighted by Crippen LogP contribution is -2.13. The molecule has 1 unspecified atom stereocenters. The van der Waals surface area contributed by atoms with Crippen LogP contribution in [0.1, 0.15) is 22.6 Å². The number of hydrogen-bond donors (Lipinski definition) is 1. The summed E-state index contributed by atoms with van der Waals surface area (Å²) in [7, 11) is 0. The zero-order valence-corrected chi connectivity index (χ0v) is 10.7. The Morgan fingerprint density at radius 1 is 1.11 bits per heavy atom. The zero-order valence-electron chi connectivity index (χ0n) is 9.91. The van der Waals surface area contributed by atoms with Crippen molar-refractivity contribution in [2.24, 2.45) is 0 Å². The van der Waals surface area contributed by atoms with Crippen molar-refractivity contribution in [1.29, 1.82) is 0 Å². The maximum atomic E-state index is 12.1. The van der Waals surface area contributed by atoms with Crippen molar-refractivity contribution >= 4 is 23.2 Å². The maximum absolute atomic E-state index is 12.1. The Bertz CT molecular complexity index is 619. The quantitative estimate of drug-likeness (QED) is 0.829. The average molecular weight is 258 g/mol. The van der Waals surface area contributed by atoms with Crippen molar-refractivity contribution in [3.8, 4) is 0 Å². The van der Waals surface area contributed by atoms with Crippen molar-refractivity contribution in [2.75, 3.05) is 5.32 Å². The minimum Gasteiger partial charge on any atom is -0.325 e. The van der Waals surface area contributed by atoms with Gasteiger partial charge in [0.25, 0.3) is 0 Å². The Kier molecular flexibility index (Phi) is 2.60. The van der Waals surface area contributed by atoms with Crippen molar-refractivity contribution in [1.82, 2.24) is 0 Å². The van der Waals surface area contributed by atoms with E-state index in [-0.39, 0.29) is 11.8 Å². The van der Waals surface area contributed by atoms with E-state index < -0.39 is 0 Å². The van der Waals surface area contributed by atoms with E-state index in [1.54, 1.807) is 6.07 Å². The molecule has 1 aliphatic heterocycles. The summed E-state index contributed by atoms with van der Waals surface area (Å²) in [5, 5.41) is 3.52. The normalized spacial score (nSPS) is 17.4. The fourth-order valence-corrected chi connectivity index (χ4v) is 2.50. The lowest BCUT2D eigenvalue weighted by molar-refractivity contribution is -0.116. The molecule has 0 aromatic heterocycles. The van der Waals surface area contributed by atoms with E-state index in [1.165, 1.54) is 5.56 Å². The number of benzene rings is 2. The van der Waals surface area contributed by atoms with E-state index in [0.29, 0.717) is 5.02 Å². The molecule has 1 amide bonds. The van der Waals surface area contributed by atoms with Crippen LogP contribution in [0.2, 0.25) is 5.02 Å². The topological polar surface area (TPSA) is 29.1 Å². The van der Waals surface area contributed by atoms with Gasteiger partial charge >= 0.3 is 0 Å². The van der Waals surface area contributed by atoms with E-state index >= 15 is 0 Å². The summed E-state index contributed by atoms with van der Waals surface area (Å²) in [5.41, 5.74) is 4.01. The van der Waals surface area contributed by atoms with Crippen LogP contribution in [-0.4, -0.2) is 5.91 Å². The fraction of sp³-hybridized carbons (Fsp3) is 0.133. The number of halogens is 1. The summed E-state index contributed by atoms with van der Waals surface area (Å²) in [6.07, 6.45) is 0. The molecule has 1 atom stereocenters. The van der Waals surface area contributed by atoms with Crippen molar-refractivity contribution in [3.63, 3.8) is 0 Å². The number of amides is 1. The van der Waals surface area contributed by atoms with Crippen molar-refractivity contribution in [3.05, 3.63) is 64.2 Å². The first-order valence-electron chi connectivity index (χ1n) is 5.82. The number of rotatable bonds is 1. The largest absolute Gasteiger partial charge is 0.325 e. The van der Waals surface area contributed by atoms with E-state index in [9.17, 15) is 4.79 Å². The summed E-state index contributed by atoms with van der Waals surface area (Å²) < 4.78 is 0. The maximum Gasteiger partial charge on any atom is 0.236 e. The molecule has 0 spiro atoms. The Morgan fingerprint density at radius 3 is 2.56 bits per heavy atom. The summed E-state index contributed by atoms with van der Waals surface area (Å²) in [5.74, 6) is -0.214. The van der Waals surface area contributed by atoms with Crippen LogP contribution in [0.4, 0.5) is 5.69 Å². The van der Waals surface area contributed by atoms with Gasteiger partial charge in [-0.05, 0) is 30.2 Å². The molecule has 0 radical (unpaired) electrons. The second kappa shape index (κ2) is 4.14. The minimum atomic E-state index is -0.224. The van der Waals surface area contributed by atoms with E-state index in [2.05, 4.69) is 5.32 Å². The third-order valence-electron chi connectivity index (χ3n) is 3.26. The molecule has 2 aromatic rings. The van der Waals surface area contributed by atoms with E-state index in [4.69, 9.17) is 11.6 Å². The summed E-state index contributed by atoms with van der Waals surface area (Å²) >= 11 is 5.93. The molecular formula is C15H12ClNO. The molecule has 0 saturated heterocycles. The van der Waals surface area contributed by atoms with Crippen LogP contribution in [0.3, 0.4) is 0 Å². The first-order chi connectivity index (χ1) is 8.65. The second-order valence-corrected chi connectivity index (χ2v) is 5.00. The Morgan fingerprint density at radius 2 is 1.83 bits per heavy atom. The number of carbonyl (C=O) groups is 1. The molecule has 0 saturated carbocycles. The SMILES string of the molecule is Cc1ccc(C2C(=O)Nc3cc(Cl)ccc32)cc1. The molecule has 1 heterocycles. The molecule has 18 heavy (non-hydrogen) atoms. The third-order valence-corrected chi connectivity index (χ3v) is 3.49. The molecule has 90 valence electrons. The number of anilines is 1. The summed E-state index contributed by atoms with van der Waals surface area (Å²) in [4.78, 5) is 12.1. The van der Waals surface area contributed by atoms with E-state index in [1.807, 2.05) is 43.3 Å². The zero-order chi connectivity index (χ0) is 12.7. The van der Waals surface area contributed by atoms with Crippen LogP contribution in [0.15, 0.2) is 42.5 Å². The molecule has 3 rings (SSSR count). The van der Waals surface area contributed by atoms with E-state index in [0.717, 1.165) is 16.8 Å². The molecule has 2 nitrogen and oxygen atoms in total. The fourth-order valence-electron chi connectivity index (χ4n) is 2.32. The minimum absolute atomic E-state index is 0.0103. The number of aryl methyl sites for hydroxylation is 1. The molecule has 3 heteroatoms. The smallest absolute Gasteiger partial charge is 0.236 e. The van der Waals surface area contributed by atoms with Gasteiger partial charge in [0.05, 0.1) is 5.92 Å². The Labute approximate surface area is 111 Å². The van der Waals surface area contributed by atoms with Crippen LogP contribution in [0.5, 0.6) is 0 Å². The lowest BCUT2D eigenvalue weighted by atomic mass is 9.92. The van der Waals surface area contributed by atoms with Gasteiger partial charge < -0.3 is 5.32 Å². The van der Waals surface area contributed by atoms with Gasteiger partial charge in [-0.25, -0.2) is 0 Å². The Balaban J connectivity index is 2.09. The monoisotopic (exact) mass is 257 g/mol. The predicted octanol–water partition coefficient (Wildman–Crippen LogP) is 3.73. The predicted molar refractivity (Wildman–Crippen MR) is 73.1 cm³/mol. The van der Waals surface area contributed by atoms with Gasteiger partial charge in [0, 0.05) is 10.7 Å². The van der Waals surface area contributed by atoms with Gasteiger partial charge in [0.2, 0.25) is 5.91 Å². The molecular weight excluding hydrogens is 246 g/mol. The first kappa shape index (κ1) is 11.3. The molecule has 1 aliphatic rings. The van der Waals surface area contributed by atoms with Crippen LogP contribution in [-0.2, 0) is 4.79 Å². The summed E-state index contributed by atoms with van der Waals surface area (Å²) in [6.45, 7) is 2.03. The summed E-state index contributed by atoms with van der Waals surface area (Å²) in [6, 6.07) is 13.6. The second-order valence-electron chi connectivity index (χ2n) is 4.56. The highest BCUT2D eigenvalue weighted by Crippen LogP contribution is 2.38.